The standard InChI is InChI=1S/C22H28N2O2/c1-22(2,3)19-10-8-17(9-11-19)21(25)23-20-7-5-4-6-18(20)16-24-12-14-26-15-13-24/h4-11H,12-16H2,1-3H3,(H,23,25). The third kappa shape index (κ3) is 4.71. The predicted molar refractivity (Wildman–Crippen MR) is 106 cm³/mol. The summed E-state index contributed by atoms with van der Waals surface area (Å²) < 4.78 is 5.41. The van der Waals surface area contributed by atoms with Crippen LogP contribution in [-0.4, -0.2) is 37.1 Å². The van der Waals surface area contributed by atoms with E-state index in [1.807, 2.05) is 42.5 Å². The number of morpholine rings is 1. The Morgan fingerprint density at radius 2 is 1.69 bits per heavy atom. The molecule has 2 aromatic rings. The van der Waals surface area contributed by atoms with Crippen molar-refractivity contribution < 1.29 is 9.53 Å². The van der Waals surface area contributed by atoms with Crippen LogP contribution in [0.3, 0.4) is 0 Å². The number of carbonyl (C=O) groups excluding carboxylic acids is 1. The van der Waals surface area contributed by atoms with E-state index in [-0.39, 0.29) is 11.3 Å². The van der Waals surface area contributed by atoms with Crippen LogP contribution in [0, 0.1) is 0 Å². The van der Waals surface area contributed by atoms with Gasteiger partial charge in [0.15, 0.2) is 0 Å². The van der Waals surface area contributed by atoms with Crippen molar-refractivity contribution in [1.29, 1.82) is 0 Å². The molecule has 2 aromatic carbocycles. The van der Waals surface area contributed by atoms with Crippen molar-refractivity contribution in [3.63, 3.8) is 0 Å². The number of nitrogens with zero attached hydrogens (tertiary/aromatic N) is 1. The molecule has 0 bridgehead atoms. The zero-order chi connectivity index (χ0) is 18.6. The van der Waals surface area contributed by atoms with E-state index in [1.165, 1.54) is 5.56 Å². The molecule has 138 valence electrons. The van der Waals surface area contributed by atoms with Crippen LogP contribution >= 0.6 is 0 Å². The molecule has 1 aliphatic heterocycles. The highest BCUT2D eigenvalue weighted by Gasteiger charge is 2.16. The number of hydrogen-bond acceptors (Lipinski definition) is 3. The lowest BCUT2D eigenvalue weighted by molar-refractivity contribution is 0.0342. The first-order chi connectivity index (χ1) is 12.4. The van der Waals surface area contributed by atoms with E-state index in [1.54, 1.807) is 0 Å². The van der Waals surface area contributed by atoms with E-state index < -0.39 is 0 Å². The summed E-state index contributed by atoms with van der Waals surface area (Å²) in [5, 5.41) is 3.08. The lowest BCUT2D eigenvalue weighted by Gasteiger charge is -2.27. The van der Waals surface area contributed by atoms with Crippen molar-refractivity contribution >= 4 is 11.6 Å². The SMILES string of the molecule is CC(C)(C)c1ccc(C(=O)Nc2ccccc2CN2CCOCC2)cc1. The van der Waals surface area contributed by atoms with E-state index in [4.69, 9.17) is 4.74 Å². The third-order valence-electron chi connectivity index (χ3n) is 4.78. The zero-order valence-electron chi connectivity index (χ0n) is 15.9. The highest BCUT2D eigenvalue weighted by atomic mass is 16.5. The molecule has 4 heteroatoms. The van der Waals surface area contributed by atoms with Gasteiger partial charge in [-0.05, 0) is 34.7 Å². The molecule has 0 atom stereocenters. The van der Waals surface area contributed by atoms with Gasteiger partial charge in [-0.25, -0.2) is 0 Å². The quantitative estimate of drug-likeness (QED) is 0.902. The van der Waals surface area contributed by atoms with E-state index in [2.05, 4.69) is 37.1 Å². The average Bonchev–Trinajstić information content (AvgIpc) is 2.63. The minimum Gasteiger partial charge on any atom is -0.379 e. The molecular formula is C22H28N2O2. The zero-order valence-corrected chi connectivity index (χ0v) is 15.9. The summed E-state index contributed by atoms with van der Waals surface area (Å²) in [5.41, 5.74) is 4.00. The van der Waals surface area contributed by atoms with Crippen molar-refractivity contribution in [3.8, 4) is 0 Å². The number of para-hydroxylation sites is 1. The van der Waals surface area contributed by atoms with Crippen LogP contribution in [0.25, 0.3) is 0 Å². The van der Waals surface area contributed by atoms with Crippen molar-refractivity contribution in [2.75, 3.05) is 31.6 Å². The maximum Gasteiger partial charge on any atom is 0.255 e. The van der Waals surface area contributed by atoms with Gasteiger partial charge < -0.3 is 10.1 Å². The summed E-state index contributed by atoms with van der Waals surface area (Å²) in [6, 6.07) is 15.9. The van der Waals surface area contributed by atoms with Crippen molar-refractivity contribution in [2.24, 2.45) is 0 Å². The van der Waals surface area contributed by atoms with Gasteiger partial charge in [0.2, 0.25) is 0 Å². The number of nitrogens with one attached hydrogen (secondary N) is 1. The first-order valence-electron chi connectivity index (χ1n) is 9.23. The predicted octanol–water partition coefficient (Wildman–Crippen LogP) is 4.07. The van der Waals surface area contributed by atoms with Crippen LogP contribution in [0.15, 0.2) is 48.5 Å². The number of benzene rings is 2. The molecule has 0 aliphatic carbocycles. The Kier molecular flexibility index (Phi) is 5.74. The van der Waals surface area contributed by atoms with Gasteiger partial charge in [-0.2, -0.15) is 0 Å². The van der Waals surface area contributed by atoms with Gasteiger partial charge in [-0.15, -0.1) is 0 Å². The van der Waals surface area contributed by atoms with Gasteiger partial charge in [-0.1, -0.05) is 51.1 Å². The van der Waals surface area contributed by atoms with Crippen molar-refractivity contribution in [3.05, 3.63) is 65.2 Å². The minimum absolute atomic E-state index is 0.0695. The minimum atomic E-state index is -0.0695. The van der Waals surface area contributed by atoms with Gasteiger partial charge in [0, 0.05) is 30.9 Å². The smallest absolute Gasteiger partial charge is 0.255 e. The summed E-state index contributed by atoms with van der Waals surface area (Å²) in [6.45, 7) is 10.7. The van der Waals surface area contributed by atoms with Crippen LogP contribution in [0.4, 0.5) is 5.69 Å². The maximum atomic E-state index is 12.7. The number of amides is 1. The fraction of sp³-hybridized carbons (Fsp3) is 0.409. The molecule has 1 fully saturated rings. The first-order valence-corrected chi connectivity index (χ1v) is 9.23. The highest BCUT2D eigenvalue weighted by molar-refractivity contribution is 6.04. The topological polar surface area (TPSA) is 41.6 Å². The molecule has 0 aromatic heterocycles. The number of hydrogen-bond donors (Lipinski definition) is 1. The second kappa shape index (κ2) is 8.02. The fourth-order valence-electron chi connectivity index (χ4n) is 3.10. The Balaban J connectivity index is 1.71. The molecule has 1 N–H and O–H groups in total. The molecule has 1 aliphatic rings. The molecule has 1 saturated heterocycles. The summed E-state index contributed by atoms with van der Waals surface area (Å²) in [4.78, 5) is 15.0. The Morgan fingerprint density at radius 3 is 2.35 bits per heavy atom. The number of anilines is 1. The molecule has 0 spiro atoms. The van der Waals surface area contributed by atoms with E-state index in [0.29, 0.717) is 5.56 Å². The number of carbonyl (C=O) groups is 1. The van der Waals surface area contributed by atoms with Crippen LogP contribution in [0.1, 0.15) is 42.3 Å². The molecule has 1 heterocycles. The molecule has 0 radical (unpaired) electrons. The van der Waals surface area contributed by atoms with E-state index in [9.17, 15) is 4.79 Å². The molecule has 1 amide bonds. The lowest BCUT2D eigenvalue weighted by Crippen LogP contribution is -2.35. The molecule has 0 saturated carbocycles. The summed E-state index contributed by atoms with van der Waals surface area (Å²) in [5.74, 6) is -0.0695. The molecule has 3 rings (SSSR count). The second-order valence-electron chi connectivity index (χ2n) is 7.83. The maximum absolute atomic E-state index is 12.7. The number of ether oxygens (including phenoxy) is 1. The Bertz CT molecular complexity index is 741. The fourth-order valence-corrected chi connectivity index (χ4v) is 3.10. The Morgan fingerprint density at radius 1 is 1.04 bits per heavy atom. The van der Waals surface area contributed by atoms with Crippen LogP contribution in [0.2, 0.25) is 0 Å². The largest absolute Gasteiger partial charge is 0.379 e. The molecular weight excluding hydrogens is 324 g/mol. The Labute approximate surface area is 156 Å². The molecule has 0 unspecified atom stereocenters. The summed E-state index contributed by atoms with van der Waals surface area (Å²) in [6.07, 6.45) is 0. The van der Waals surface area contributed by atoms with E-state index >= 15 is 0 Å². The van der Waals surface area contributed by atoms with Crippen molar-refractivity contribution in [2.45, 2.75) is 32.7 Å². The summed E-state index contributed by atoms with van der Waals surface area (Å²) in [7, 11) is 0. The third-order valence-corrected chi connectivity index (χ3v) is 4.78. The number of rotatable bonds is 4. The molecule has 4 nitrogen and oxygen atoms in total. The Hall–Kier alpha value is -2.17. The normalized spacial score (nSPS) is 15.7. The molecule has 26 heavy (non-hydrogen) atoms. The van der Waals surface area contributed by atoms with Gasteiger partial charge in [-0.3, -0.25) is 9.69 Å². The van der Waals surface area contributed by atoms with Gasteiger partial charge in [0.1, 0.15) is 0 Å². The van der Waals surface area contributed by atoms with Crippen LogP contribution < -0.4 is 5.32 Å². The van der Waals surface area contributed by atoms with Gasteiger partial charge in [0.25, 0.3) is 5.91 Å². The summed E-state index contributed by atoms with van der Waals surface area (Å²) >= 11 is 0. The van der Waals surface area contributed by atoms with Gasteiger partial charge in [0.05, 0.1) is 13.2 Å². The highest BCUT2D eigenvalue weighted by Crippen LogP contribution is 2.23. The van der Waals surface area contributed by atoms with Crippen molar-refractivity contribution in [1.82, 2.24) is 4.90 Å². The average molecular weight is 352 g/mol. The van der Waals surface area contributed by atoms with E-state index in [0.717, 1.165) is 44.1 Å². The van der Waals surface area contributed by atoms with Crippen LogP contribution in [0.5, 0.6) is 0 Å². The van der Waals surface area contributed by atoms with Gasteiger partial charge >= 0.3 is 0 Å². The lowest BCUT2D eigenvalue weighted by atomic mass is 9.86. The second-order valence-corrected chi connectivity index (χ2v) is 7.83. The van der Waals surface area contributed by atoms with Crippen LogP contribution in [-0.2, 0) is 16.7 Å². The first kappa shape index (κ1) is 18.6. The monoisotopic (exact) mass is 352 g/mol.